The molecule has 0 aliphatic carbocycles. The molecule has 0 bridgehead atoms. The van der Waals surface area contributed by atoms with Gasteiger partial charge in [0, 0.05) is 11.3 Å². The van der Waals surface area contributed by atoms with Crippen LogP contribution in [0.5, 0.6) is 0 Å². The van der Waals surface area contributed by atoms with E-state index in [1.165, 1.54) is 12.1 Å². The van der Waals surface area contributed by atoms with E-state index in [1.807, 2.05) is 0 Å². The van der Waals surface area contributed by atoms with Crippen molar-refractivity contribution in [2.75, 3.05) is 6.26 Å². The van der Waals surface area contributed by atoms with Crippen LogP contribution in [0.3, 0.4) is 0 Å². The average Bonchev–Trinajstić information content (AvgIpc) is 2.04. The van der Waals surface area contributed by atoms with E-state index in [9.17, 15) is 8.42 Å². The third-order valence-corrected chi connectivity index (χ3v) is 2.57. The van der Waals surface area contributed by atoms with Crippen LogP contribution in [0, 0.1) is 12.3 Å². The highest BCUT2D eigenvalue weighted by molar-refractivity contribution is 7.90. The molecular weight excluding hydrogens is 220 g/mol. The van der Waals surface area contributed by atoms with Gasteiger partial charge in [-0.3, -0.25) is 0 Å². The summed E-state index contributed by atoms with van der Waals surface area (Å²) in [4.78, 5) is 0.255. The van der Waals surface area contributed by atoms with Crippen LogP contribution in [0.15, 0.2) is 29.2 Å². The Hall–Kier alpha value is -0.980. The van der Waals surface area contributed by atoms with Crippen molar-refractivity contribution in [1.82, 2.24) is 0 Å². The van der Waals surface area contributed by atoms with E-state index in [1.54, 1.807) is 19.1 Å². The second-order valence-corrected chi connectivity index (χ2v) is 4.97. The summed E-state index contributed by atoms with van der Waals surface area (Å²) in [6.45, 7) is 1.65. The molecule has 0 heterocycles. The molecule has 0 aromatic heterocycles. The molecular formula is C10H11ClO2S. The van der Waals surface area contributed by atoms with Crippen molar-refractivity contribution in [3.05, 3.63) is 29.3 Å². The SMILES string of the molecule is C#CC.CS(=O)(=O)c1cccc(Cl)c1. The van der Waals surface area contributed by atoms with Gasteiger partial charge in [0.1, 0.15) is 0 Å². The second-order valence-electron chi connectivity index (χ2n) is 2.52. The average molecular weight is 231 g/mol. The Morgan fingerprint density at radius 1 is 1.43 bits per heavy atom. The summed E-state index contributed by atoms with van der Waals surface area (Å²) in [6, 6.07) is 6.19. The van der Waals surface area contributed by atoms with Crippen LogP contribution in [-0.4, -0.2) is 14.7 Å². The number of halogens is 1. The quantitative estimate of drug-likeness (QED) is 0.695. The van der Waals surface area contributed by atoms with Crippen molar-refractivity contribution >= 4 is 21.4 Å². The number of sulfone groups is 1. The van der Waals surface area contributed by atoms with Crippen LogP contribution in [0.4, 0.5) is 0 Å². The lowest BCUT2D eigenvalue weighted by atomic mass is 10.4. The fourth-order valence-corrected chi connectivity index (χ4v) is 1.62. The van der Waals surface area contributed by atoms with E-state index < -0.39 is 9.84 Å². The molecule has 1 aromatic rings. The van der Waals surface area contributed by atoms with Gasteiger partial charge in [-0.25, -0.2) is 8.42 Å². The molecule has 2 nitrogen and oxygen atoms in total. The van der Waals surface area contributed by atoms with Crippen LogP contribution in [0.25, 0.3) is 0 Å². The second kappa shape index (κ2) is 5.69. The van der Waals surface area contributed by atoms with Crippen LogP contribution in [0.2, 0.25) is 5.02 Å². The zero-order chi connectivity index (χ0) is 11.2. The lowest BCUT2D eigenvalue weighted by Gasteiger charge is -1.96. The molecule has 0 spiro atoms. The molecule has 0 saturated heterocycles. The predicted molar refractivity (Wildman–Crippen MR) is 59.1 cm³/mol. The van der Waals surface area contributed by atoms with E-state index >= 15 is 0 Å². The molecule has 0 fully saturated rings. The minimum Gasteiger partial charge on any atom is -0.224 e. The maximum absolute atomic E-state index is 10.9. The highest BCUT2D eigenvalue weighted by Gasteiger charge is 2.05. The number of terminal acetylenes is 1. The first-order chi connectivity index (χ1) is 6.41. The monoisotopic (exact) mass is 230 g/mol. The van der Waals surface area contributed by atoms with Gasteiger partial charge >= 0.3 is 0 Å². The summed E-state index contributed by atoms with van der Waals surface area (Å²) in [7, 11) is -3.11. The van der Waals surface area contributed by atoms with Gasteiger partial charge in [-0.1, -0.05) is 17.7 Å². The molecule has 0 aliphatic heterocycles. The van der Waals surface area contributed by atoms with Crippen LogP contribution in [0.1, 0.15) is 6.92 Å². The number of benzene rings is 1. The standard InChI is InChI=1S/C7H7ClO2S.C3H4/c1-11(9,10)7-4-2-3-6(8)5-7;1-3-2/h2-5H,1H3;1H,2H3. The Balaban J connectivity index is 0.000000500. The molecule has 76 valence electrons. The van der Waals surface area contributed by atoms with Crippen molar-refractivity contribution in [1.29, 1.82) is 0 Å². The summed E-state index contributed by atoms with van der Waals surface area (Å²) in [6.07, 6.45) is 5.75. The zero-order valence-electron chi connectivity index (χ0n) is 7.99. The van der Waals surface area contributed by atoms with Gasteiger partial charge in [-0.15, -0.1) is 12.3 Å². The maximum Gasteiger partial charge on any atom is 0.175 e. The highest BCUT2D eigenvalue weighted by Crippen LogP contribution is 2.14. The minimum atomic E-state index is -3.11. The molecule has 0 saturated carbocycles. The lowest BCUT2D eigenvalue weighted by Crippen LogP contribution is -1.95. The third kappa shape index (κ3) is 4.90. The summed E-state index contributed by atoms with van der Waals surface area (Å²) in [5.41, 5.74) is 0. The number of rotatable bonds is 1. The highest BCUT2D eigenvalue weighted by atomic mass is 35.5. The summed E-state index contributed by atoms with van der Waals surface area (Å²) in [5.74, 6) is 2.25. The fraction of sp³-hybridized carbons (Fsp3) is 0.200. The van der Waals surface area contributed by atoms with E-state index in [0.717, 1.165) is 6.26 Å². The van der Waals surface area contributed by atoms with Crippen molar-refractivity contribution in [3.8, 4) is 12.3 Å². The molecule has 4 heteroatoms. The van der Waals surface area contributed by atoms with E-state index in [-0.39, 0.29) is 4.90 Å². The molecule has 0 atom stereocenters. The summed E-state index contributed by atoms with van der Waals surface area (Å²) < 4.78 is 21.9. The number of hydrogen-bond donors (Lipinski definition) is 0. The van der Waals surface area contributed by atoms with Crippen LogP contribution < -0.4 is 0 Å². The number of hydrogen-bond acceptors (Lipinski definition) is 2. The summed E-state index contributed by atoms with van der Waals surface area (Å²) in [5, 5.41) is 0.438. The summed E-state index contributed by atoms with van der Waals surface area (Å²) >= 11 is 5.59. The van der Waals surface area contributed by atoms with Crippen molar-refractivity contribution in [2.45, 2.75) is 11.8 Å². The van der Waals surface area contributed by atoms with Gasteiger partial charge < -0.3 is 0 Å². The Labute approximate surface area is 89.8 Å². The van der Waals surface area contributed by atoms with Gasteiger partial charge in [0.15, 0.2) is 9.84 Å². The van der Waals surface area contributed by atoms with Gasteiger partial charge in [0.2, 0.25) is 0 Å². The Morgan fingerprint density at radius 3 is 2.21 bits per heavy atom. The largest absolute Gasteiger partial charge is 0.224 e. The molecule has 0 aliphatic rings. The van der Waals surface area contributed by atoms with Crippen LogP contribution in [-0.2, 0) is 9.84 Å². The lowest BCUT2D eigenvalue weighted by molar-refractivity contribution is 0.602. The molecule has 0 N–H and O–H groups in total. The maximum atomic E-state index is 10.9. The van der Waals surface area contributed by atoms with Gasteiger partial charge in [0.05, 0.1) is 4.90 Å². The third-order valence-electron chi connectivity index (χ3n) is 1.22. The molecule has 1 aromatic carbocycles. The predicted octanol–water partition coefficient (Wildman–Crippen LogP) is 2.38. The first kappa shape index (κ1) is 13.0. The first-order valence-electron chi connectivity index (χ1n) is 3.74. The van der Waals surface area contributed by atoms with Crippen molar-refractivity contribution < 1.29 is 8.42 Å². The molecule has 0 radical (unpaired) electrons. The smallest absolute Gasteiger partial charge is 0.175 e. The topological polar surface area (TPSA) is 34.1 Å². The Morgan fingerprint density at radius 2 is 1.93 bits per heavy atom. The van der Waals surface area contributed by atoms with Gasteiger partial charge in [-0.05, 0) is 25.1 Å². The van der Waals surface area contributed by atoms with Gasteiger partial charge in [0.25, 0.3) is 0 Å². The Kier molecular flexibility index (Phi) is 5.29. The van der Waals surface area contributed by atoms with Crippen molar-refractivity contribution in [2.24, 2.45) is 0 Å². The van der Waals surface area contributed by atoms with Gasteiger partial charge in [-0.2, -0.15) is 0 Å². The first-order valence-corrected chi connectivity index (χ1v) is 6.01. The fourth-order valence-electron chi connectivity index (χ4n) is 0.698. The van der Waals surface area contributed by atoms with Crippen molar-refractivity contribution in [3.63, 3.8) is 0 Å². The normalized spacial score (nSPS) is 9.57. The van der Waals surface area contributed by atoms with E-state index in [4.69, 9.17) is 11.6 Å². The zero-order valence-corrected chi connectivity index (χ0v) is 9.56. The Bertz CT molecular complexity index is 430. The molecule has 0 amide bonds. The van der Waals surface area contributed by atoms with E-state index in [0.29, 0.717) is 5.02 Å². The molecule has 14 heavy (non-hydrogen) atoms. The molecule has 1 rings (SSSR count). The minimum absolute atomic E-state index is 0.255. The van der Waals surface area contributed by atoms with Crippen LogP contribution >= 0.6 is 11.6 Å². The van der Waals surface area contributed by atoms with E-state index in [2.05, 4.69) is 12.3 Å². The molecule has 0 unspecified atom stereocenters.